The van der Waals surface area contributed by atoms with E-state index in [1.165, 1.54) is 0 Å². The van der Waals surface area contributed by atoms with Crippen LogP contribution in [0.15, 0.2) is 29.8 Å². The van der Waals surface area contributed by atoms with Crippen molar-refractivity contribution < 1.29 is 9.53 Å². The van der Waals surface area contributed by atoms with Gasteiger partial charge in [-0.3, -0.25) is 4.79 Å². The molecule has 3 heteroatoms. The van der Waals surface area contributed by atoms with Gasteiger partial charge in [-0.1, -0.05) is 49.2 Å². The molecule has 0 saturated heterocycles. The molecule has 0 aliphatic heterocycles. The number of carbonyl (C=O) groups excluding carboxylic acids is 1. The number of rotatable bonds is 5. The van der Waals surface area contributed by atoms with Gasteiger partial charge in [0.1, 0.15) is 5.75 Å². The van der Waals surface area contributed by atoms with E-state index in [2.05, 4.69) is 6.92 Å². The van der Waals surface area contributed by atoms with Crippen LogP contribution in [0.5, 0.6) is 5.75 Å². The van der Waals surface area contributed by atoms with Crippen LogP contribution >= 0.6 is 11.6 Å². The van der Waals surface area contributed by atoms with Gasteiger partial charge in [0.05, 0.1) is 12.1 Å². The lowest BCUT2D eigenvalue weighted by molar-refractivity contribution is -0.113. The predicted molar refractivity (Wildman–Crippen MR) is 93.8 cm³/mol. The van der Waals surface area contributed by atoms with E-state index in [0.717, 1.165) is 40.3 Å². The van der Waals surface area contributed by atoms with Crippen molar-refractivity contribution in [2.75, 3.05) is 7.11 Å². The number of hydrogen-bond acceptors (Lipinski definition) is 2. The summed E-state index contributed by atoms with van der Waals surface area (Å²) in [5, 5.41) is 2.65. The molecular formula is C19H21ClO2. The highest BCUT2D eigenvalue weighted by Crippen LogP contribution is 2.40. The Balaban J connectivity index is 2.78. The lowest BCUT2D eigenvalue weighted by atomic mass is 9.95. The Kier molecular flexibility index (Phi) is 5.25. The van der Waals surface area contributed by atoms with Crippen LogP contribution in [0, 0.1) is 6.92 Å². The zero-order chi connectivity index (χ0) is 16.3. The molecule has 0 aromatic heterocycles. The first-order valence-electron chi connectivity index (χ1n) is 7.47. The molecule has 2 aromatic rings. The average molecular weight is 317 g/mol. The van der Waals surface area contributed by atoms with Crippen molar-refractivity contribution in [2.45, 2.75) is 33.6 Å². The van der Waals surface area contributed by atoms with Gasteiger partial charge in [0.15, 0.2) is 5.78 Å². The molecule has 0 bridgehead atoms. The minimum absolute atomic E-state index is 0.0874. The molecule has 0 spiro atoms. The van der Waals surface area contributed by atoms with Crippen LogP contribution < -0.4 is 4.74 Å². The quantitative estimate of drug-likeness (QED) is 0.673. The van der Waals surface area contributed by atoms with Crippen LogP contribution in [0.3, 0.4) is 0 Å². The molecule has 116 valence electrons. The minimum Gasteiger partial charge on any atom is -0.495 e. The molecule has 0 fully saturated rings. The van der Waals surface area contributed by atoms with Gasteiger partial charge in [0.2, 0.25) is 0 Å². The summed E-state index contributed by atoms with van der Waals surface area (Å²) in [5.41, 5.74) is 2.73. The highest BCUT2D eigenvalue weighted by Gasteiger charge is 2.16. The van der Waals surface area contributed by atoms with Gasteiger partial charge < -0.3 is 4.74 Å². The van der Waals surface area contributed by atoms with Crippen molar-refractivity contribution in [1.29, 1.82) is 0 Å². The van der Waals surface area contributed by atoms with Crippen LogP contribution in [-0.2, 0) is 4.79 Å². The number of fused-ring (bicyclic) bond motifs is 1. The van der Waals surface area contributed by atoms with Crippen molar-refractivity contribution in [2.24, 2.45) is 0 Å². The third-order valence-electron chi connectivity index (χ3n) is 3.91. The van der Waals surface area contributed by atoms with Crippen molar-refractivity contribution in [1.82, 2.24) is 0 Å². The number of ether oxygens (including phenoxy) is 1. The van der Waals surface area contributed by atoms with Crippen LogP contribution in [0.4, 0.5) is 0 Å². The molecular weight excluding hydrogens is 296 g/mol. The lowest BCUT2D eigenvalue weighted by Crippen LogP contribution is -1.99. The molecule has 2 aromatic carbocycles. The normalized spacial score (nSPS) is 11.8. The van der Waals surface area contributed by atoms with E-state index < -0.39 is 0 Å². The number of Topliss-reactive ketones (excluding diaryl/α,β-unsaturated/α-hetero) is 1. The zero-order valence-corrected chi connectivity index (χ0v) is 14.3. The smallest absolute Gasteiger partial charge is 0.155 e. The third kappa shape index (κ3) is 3.02. The van der Waals surface area contributed by atoms with Crippen LogP contribution in [0.1, 0.15) is 37.8 Å². The molecule has 0 aliphatic carbocycles. The van der Waals surface area contributed by atoms with Gasteiger partial charge in [-0.25, -0.2) is 0 Å². The second kappa shape index (κ2) is 6.97. The third-order valence-corrected chi connectivity index (χ3v) is 4.29. The fourth-order valence-electron chi connectivity index (χ4n) is 2.72. The van der Waals surface area contributed by atoms with Gasteiger partial charge in [-0.15, -0.1) is 0 Å². The van der Waals surface area contributed by atoms with Gasteiger partial charge in [0.25, 0.3) is 0 Å². The molecule has 22 heavy (non-hydrogen) atoms. The van der Waals surface area contributed by atoms with E-state index in [0.29, 0.717) is 10.8 Å². The number of carbonyl (C=O) groups is 1. The van der Waals surface area contributed by atoms with Crippen molar-refractivity contribution in [3.63, 3.8) is 0 Å². The first-order chi connectivity index (χ1) is 10.5. The summed E-state index contributed by atoms with van der Waals surface area (Å²) in [6, 6.07) is 8.01. The molecule has 0 unspecified atom stereocenters. The summed E-state index contributed by atoms with van der Waals surface area (Å²) in [7, 11) is 1.62. The average Bonchev–Trinajstić information content (AvgIpc) is 2.50. The summed E-state index contributed by atoms with van der Waals surface area (Å²) in [5.74, 6) is 0.748. The summed E-state index contributed by atoms with van der Waals surface area (Å²) >= 11 is 6.56. The largest absolute Gasteiger partial charge is 0.495 e. The van der Waals surface area contributed by atoms with E-state index in [4.69, 9.17) is 16.3 Å². The summed E-state index contributed by atoms with van der Waals surface area (Å²) in [6.07, 6.45) is 3.59. The van der Waals surface area contributed by atoms with Crippen molar-refractivity contribution in [3.05, 3.63) is 46.0 Å². The van der Waals surface area contributed by atoms with Gasteiger partial charge in [0, 0.05) is 10.9 Å². The van der Waals surface area contributed by atoms with Crippen LogP contribution in [-0.4, -0.2) is 12.9 Å². The lowest BCUT2D eigenvalue weighted by Gasteiger charge is -2.15. The molecule has 0 aliphatic rings. The maximum absolute atomic E-state index is 11.8. The standard InChI is InChI=1S/C19H21ClO2/c1-5-8-14(13(3)21)11-17-12(2)15-9-6-7-10-16(15)19(22-4)18(17)20/h6-7,9-11H,5,8H2,1-4H3/b14-11+. The van der Waals surface area contributed by atoms with E-state index in [1.807, 2.05) is 37.3 Å². The number of ketones is 1. The number of methoxy groups -OCH3 is 1. The SMILES string of the molecule is CCC/C(=C\c1c(Cl)c(OC)c2ccccc2c1C)C(C)=O. The minimum atomic E-state index is 0.0874. The second-order valence-corrected chi connectivity index (χ2v) is 5.79. The number of benzene rings is 2. The Morgan fingerprint density at radius 3 is 2.45 bits per heavy atom. The molecule has 2 nitrogen and oxygen atoms in total. The topological polar surface area (TPSA) is 26.3 Å². The molecule has 0 N–H and O–H groups in total. The summed E-state index contributed by atoms with van der Waals surface area (Å²) in [6.45, 7) is 5.69. The number of hydrogen-bond donors (Lipinski definition) is 0. The molecule has 0 heterocycles. The Morgan fingerprint density at radius 1 is 1.27 bits per heavy atom. The molecule has 0 amide bonds. The summed E-state index contributed by atoms with van der Waals surface area (Å²) in [4.78, 5) is 11.8. The number of halogens is 1. The van der Waals surface area contributed by atoms with Gasteiger partial charge >= 0.3 is 0 Å². The Labute approximate surface area is 136 Å². The zero-order valence-electron chi connectivity index (χ0n) is 13.5. The van der Waals surface area contributed by atoms with Crippen molar-refractivity contribution >= 4 is 34.2 Å². The van der Waals surface area contributed by atoms with E-state index in [1.54, 1.807) is 14.0 Å². The fourth-order valence-corrected chi connectivity index (χ4v) is 3.10. The summed E-state index contributed by atoms with van der Waals surface area (Å²) < 4.78 is 5.51. The first-order valence-corrected chi connectivity index (χ1v) is 7.85. The highest BCUT2D eigenvalue weighted by atomic mass is 35.5. The fraction of sp³-hybridized carbons (Fsp3) is 0.316. The number of allylic oxidation sites excluding steroid dienone is 1. The van der Waals surface area contributed by atoms with E-state index in [-0.39, 0.29) is 5.78 Å². The van der Waals surface area contributed by atoms with Crippen molar-refractivity contribution in [3.8, 4) is 5.75 Å². The first kappa shape index (κ1) is 16.6. The maximum Gasteiger partial charge on any atom is 0.155 e. The van der Waals surface area contributed by atoms with Gasteiger partial charge in [-0.05, 0) is 42.9 Å². The van der Waals surface area contributed by atoms with E-state index in [9.17, 15) is 4.79 Å². The molecule has 0 radical (unpaired) electrons. The Morgan fingerprint density at radius 2 is 1.91 bits per heavy atom. The Hall–Kier alpha value is -1.80. The van der Waals surface area contributed by atoms with Crippen LogP contribution in [0.2, 0.25) is 5.02 Å². The predicted octanol–water partition coefficient (Wildman–Crippen LogP) is 5.58. The van der Waals surface area contributed by atoms with Crippen LogP contribution in [0.25, 0.3) is 16.8 Å². The molecule has 0 saturated carbocycles. The molecule has 2 rings (SSSR count). The number of aryl methyl sites for hydroxylation is 1. The van der Waals surface area contributed by atoms with Gasteiger partial charge in [-0.2, -0.15) is 0 Å². The van der Waals surface area contributed by atoms with E-state index >= 15 is 0 Å². The Bertz CT molecular complexity index is 745. The second-order valence-electron chi connectivity index (χ2n) is 5.41. The maximum atomic E-state index is 11.8. The highest BCUT2D eigenvalue weighted by molar-refractivity contribution is 6.35. The monoisotopic (exact) mass is 316 g/mol. The molecule has 0 atom stereocenters.